The van der Waals surface area contributed by atoms with Gasteiger partial charge in [0.1, 0.15) is 5.01 Å². The van der Waals surface area contributed by atoms with Gasteiger partial charge in [0.05, 0.1) is 5.75 Å². The number of hydrogen-bond acceptors (Lipinski definition) is 9. The van der Waals surface area contributed by atoms with Crippen LogP contribution in [0.15, 0.2) is 16.5 Å². The van der Waals surface area contributed by atoms with Gasteiger partial charge in [-0.05, 0) is 31.9 Å². The van der Waals surface area contributed by atoms with Gasteiger partial charge in [-0.2, -0.15) is 0 Å². The average molecular weight is 393 g/mol. The minimum absolute atomic E-state index is 0.168. The number of rotatable bonds is 5. The molecule has 7 nitrogen and oxygen atoms in total. The van der Waals surface area contributed by atoms with Crippen LogP contribution in [0.2, 0.25) is 0 Å². The van der Waals surface area contributed by atoms with Crippen LogP contribution in [0.5, 0.6) is 0 Å². The molecule has 0 aliphatic heterocycles. The fraction of sp³-hybridized carbons (Fsp3) is 0.267. The molecule has 0 saturated heterocycles. The second-order valence-electron chi connectivity index (χ2n) is 5.43. The summed E-state index contributed by atoms with van der Waals surface area (Å²) in [5.74, 6) is 0.0467. The summed E-state index contributed by atoms with van der Waals surface area (Å²) in [6, 6.07) is 4.23. The summed E-state index contributed by atoms with van der Waals surface area (Å²) >= 11 is 3.91. The second-order valence-corrected chi connectivity index (χ2v) is 8.64. The van der Waals surface area contributed by atoms with Crippen LogP contribution in [0.3, 0.4) is 0 Å². The number of thioether (sulfide) groups is 1. The number of nitrogens with zero attached hydrogens (tertiary/aromatic N) is 4. The van der Waals surface area contributed by atoms with E-state index in [4.69, 9.17) is 5.73 Å². The van der Waals surface area contributed by atoms with Gasteiger partial charge in [0.15, 0.2) is 4.34 Å². The minimum atomic E-state index is -0.168. The third-order valence-corrected chi connectivity index (χ3v) is 6.05. The van der Waals surface area contributed by atoms with Gasteiger partial charge < -0.3 is 5.73 Å². The normalized spacial score (nSPS) is 10.8. The van der Waals surface area contributed by atoms with E-state index in [0.717, 1.165) is 21.7 Å². The van der Waals surface area contributed by atoms with E-state index >= 15 is 0 Å². The number of nitrogens with two attached hydrogens (primary N) is 1. The molecule has 0 aliphatic rings. The molecule has 10 heteroatoms. The molecule has 130 valence electrons. The molecule has 0 radical (unpaired) electrons. The van der Waals surface area contributed by atoms with Gasteiger partial charge in [-0.1, -0.05) is 52.1 Å². The predicted octanol–water partition coefficient (Wildman–Crippen LogP) is 3.29. The summed E-state index contributed by atoms with van der Waals surface area (Å²) in [4.78, 5) is 12.0. The first-order valence-electron chi connectivity index (χ1n) is 7.35. The maximum Gasteiger partial charge on any atom is 0.236 e. The van der Waals surface area contributed by atoms with Crippen molar-refractivity contribution in [3.05, 3.63) is 28.8 Å². The first-order chi connectivity index (χ1) is 11.9. The molecule has 3 rings (SSSR count). The van der Waals surface area contributed by atoms with Gasteiger partial charge in [-0.25, -0.2) is 0 Å². The molecule has 0 saturated carbocycles. The highest BCUT2D eigenvalue weighted by Gasteiger charge is 2.14. The zero-order chi connectivity index (χ0) is 18.0. The number of anilines is 2. The van der Waals surface area contributed by atoms with E-state index in [0.29, 0.717) is 14.6 Å². The fourth-order valence-electron chi connectivity index (χ4n) is 2.45. The molecule has 0 spiro atoms. The van der Waals surface area contributed by atoms with E-state index < -0.39 is 0 Å². The lowest BCUT2D eigenvalue weighted by Gasteiger charge is -2.07. The van der Waals surface area contributed by atoms with Gasteiger partial charge in [0.2, 0.25) is 16.2 Å². The van der Waals surface area contributed by atoms with Crippen LogP contribution in [0.1, 0.15) is 16.7 Å². The van der Waals surface area contributed by atoms with Crippen molar-refractivity contribution in [2.24, 2.45) is 0 Å². The lowest BCUT2D eigenvalue weighted by atomic mass is 10.0. The quantitative estimate of drug-likeness (QED) is 0.642. The van der Waals surface area contributed by atoms with E-state index in [-0.39, 0.29) is 11.7 Å². The summed E-state index contributed by atoms with van der Waals surface area (Å²) in [7, 11) is 0. The highest BCUT2D eigenvalue weighted by molar-refractivity contribution is 8.01. The largest absolute Gasteiger partial charge is 0.374 e. The zero-order valence-electron chi connectivity index (χ0n) is 13.9. The van der Waals surface area contributed by atoms with Gasteiger partial charge in [0.25, 0.3) is 0 Å². The summed E-state index contributed by atoms with van der Waals surface area (Å²) in [5.41, 5.74) is 10.1. The van der Waals surface area contributed by atoms with Crippen molar-refractivity contribution >= 4 is 50.6 Å². The molecule has 0 atom stereocenters. The van der Waals surface area contributed by atoms with Gasteiger partial charge in [0, 0.05) is 5.56 Å². The first kappa shape index (κ1) is 17.8. The topological polar surface area (TPSA) is 107 Å². The van der Waals surface area contributed by atoms with E-state index in [1.54, 1.807) is 0 Å². The van der Waals surface area contributed by atoms with Crippen molar-refractivity contribution < 1.29 is 4.79 Å². The Bertz CT molecular complexity index is 897. The third-order valence-electron chi connectivity index (χ3n) is 3.31. The SMILES string of the molecule is Cc1cc(C)c(-c2nnc(NC(=O)CSc3nnc(N)s3)s2)c(C)c1. The Hall–Kier alpha value is -2.04. The highest BCUT2D eigenvalue weighted by atomic mass is 32.2. The van der Waals surface area contributed by atoms with E-state index in [2.05, 4.69) is 58.6 Å². The van der Waals surface area contributed by atoms with E-state index in [1.807, 2.05) is 0 Å². The van der Waals surface area contributed by atoms with Crippen molar-refractivity contribution in [2.75, 3.05) is 16.8 Å². The smallest absolute Gasteiger partial charge is 0.236 e. The van der Waals surface area contributed by atoms with Crippen LogP contribution in [0, 0.1) is 20.8 Å². The fourth-order valence-corrected chi connectivity index (χ4v) is 4.82. The number of amides is 1. The van der Waals surface area contributed by atoms with Crippen LogP contribution < -0.4 is 11.1 Å². The molecule has 1 amide bonds. The number of aromatic nitrogens is 4. The highest BCUT2D eigenvalue weighted by Crippen LogP contribution is 2.32. The Morgan fingerprint density at radius 1 is 1.12 bits per heavy atom. The maximum absolute atomic E-state index is 12.0. The number of nitrogen functional groups attached to an aromatic ring is 1. The van der Waals surface area contributed by atoms with Crippen molar-refractivity contribution in [3.63, 3.8) is 0 Å². The zero-order valence-corrected chi connectivity index (χ0v) is 16.3. The van der Waals surface area contributed by atoms with Crippen LogP contribution in [0.4, 0.5) is 10.3 Å². The molecule has 3 N–H and O–H groups in total. The number of aryl methyl sites for hydroxylation is 3. The Morgan fingerprint density at radius 2 is 1.84 bits per heavy atom. The van der Waals surface area contributed by atoms with Crippen molar-refractivity contribution in [2.45, 2.75) is 25.1 Å². The van der Waals surface area contributed by atoms with E-state index in [9.17, 15) is 4.79 Å². The molecule has 0 bridgehead atoms. The molecule has 2 aromatic heterocycles. The molecule has 0 fully saturated rings. The number of hydrogen-bond donors (Lipinski definition) is 2. The molecule has 0 aliphatic carbocycles. The molecule has 3 aromatic rings. The first-order valence-corrected chi connectivity index (χ1v) is 9.97. The Kier molecular flexibility index (Phi) is 5.30. The number of nitrogens with one attached hydrogen (secondary N) is 1. The molecule has 25 heavy (non-hydrogen) atoms. The minimum Gasteiger partial charge on any atom is -0.374 e. The number of carbonyl (C=O) groups excluding carboxylic acids is 1. The standard InChI is InChI=1S/C15H16N6OS3/c1-7-4-8(2)11(9(3)5-7)12-18-20-14(24-12)17-10(22)6-23-15-21-19-13(16)25-15/h4-5H,6H2,1-3H3,(H2,16,19)(H,17,20,22). The average Bonchev–Trinajstić information content (AvgIpc) is 3.13. The van der Waals surface area contributed by atoms with Crippen LogP contribution in [0.25, 0.3) is 10.6 Å². The van der Waals surface area contributed by atoms with E-state index in [1.165, 1.54) is 40.0 Å². The maximum atomic E-state index is 12.0. The van der Waals surface area contributed by atoms with Crippen LogP contribution >= 0.6 is 34.4 Å². The van der Waals surface area contributed by atoms with Crippen LogP contribution in [-0.2, 0) is 4.79 Å². The second kappa shape index (κ2) is 7.46. The van der Waals surface area contributed by atoms with Crippen molar-refractivity contribution in [1.29, 1.82) is 0 Å². The summed E-state index contributed by atoms with van der Waals surface area (Å²) in [5, 5.41) is 20.3. The molecule has 0 unspecified atom stereocenters. The molecular formula is C15H16N6OS3. The summed E-state index contributed by atoms with van der Waals surface area (Å²) in [6.07, 6.45) is 0. The summed E-state index contributed by atoms with van der Waals surface area (Å²) in [6.45, 7) is 6.18. The Morgan fingerprint density at radius 3 is 2.48 bits per heavy atom. The van der Waals surface area contributed by atoms with Crippen molar-refractivity contribution in [3.8, 4) is 10.6 Å². The molecule has 1 aromatic carbocycles. The Balaban J connectivity index is 1.66. The van der Waals surface area contributed by atoms with Crippen molar-refractivity contribution in [1.82, 2.24) is 20.4 Å². The summed E-state index contributed by atoms with van der Waals surface area (Å²) < 4.78 is 0.663. The molecular weight excluding hydrogens is 376 g/mol. The Labute approximate surface area is 157 Å². The van der Waals surface area contributed by atoms with Gasteiger partial charge in [-0.3, -0.25) is 10.1 Å². The van der Waals surface area contributed by atoms with Gasteiger partial charge in [-0.15, -0.1) is 20.4 Å². The predicted molar refractivity (Wildman–Crippen MR) is 103 cm³/mol. The lowest BCUT2D eigenvalue weighted by molar-refractivity contribution is -0.113. The van der Waals surface area contributed by atoms with Crippen LogP contribution in [-0.4, -0.2) is 32.1 Å². The molecule has 2 heterocycles. The monoisotopic (exact) mass is 392 g/mol. The number of carbonyl (C=O) groups is 1. The van der Waals surface area contributed by atoms with Gasteiger partial charge >= 0.3 is 0 Å². The lowest BCUT2D eigenvalue weighted by Crippen LogP contribution is -2.13. The third kappa shape index (κ3) is 4.33. The number of benzene rings is 1.